The number of aromatic nitrogens is 1. The zero-order chi connectivity index (χ0) is 28.0. The number of nitrogens with one attached hydrogen (secondary N) is 2. The molecule has 0 saturated carbocycles. The molecule has 4 amide bonds. The van der Waals surface area contributed by atoms with Gasteiger partial charge in [-0.05, 0) is 53.8 Å². The molecular formula is C30H25N5O5. The molecule has 2 N–H and O–H groups in total. The van der Waals surface area contributed by atoms with Gasteiger partial charge in [-0.1, -0.05) is 31.2 Å². The lowest BCUT2D eigenvalue weighted by Crippen LogP contribution is -2.52. The second-order valence-corrected chi connectivity index (χ2v) is 9.95. The van der Waals surface area contributed by atoms with Gasteiger partial charge < -0.3 is 19.4 Å². The average molecular weight is 536 g/mol. The first kappa shape index (κ1) is 25.1. The van der Waals surface area contributed by atoms with Crippen LogP contribution in [0, 0.1) is 17.2 Å². The summed E-state index contributed by atoms with van der Waals surface area (Å²) in [5.74, 6) is -0.0877. The van der Waals surface area contributed by atoms with Gasteiger partial charge >= 0.3 is 6.03 Å². The highest BCUT2D eigenvalue weighted by atomic mass is 16.5. The first-order chi connectivity index (χ1) is 19.3. The zero-order valence-electron chi connectivity index (χ0n) is 21.9. The number of pyridine rings is 1. The molecule has 10 nitrogen and oxygen atoms in total. The normalized spacial score (nSPS) is 21.9. The largest absolute Gasteiger partial charge is 0.497 e. The fourth-order valence-corrected chi connectivity index (χ4v) is 5.31. The lowest BCUT2D eigenvalue weighted by Gasteiger charge is -2.28. The number of amides is 4. The van der Waals surface area contributed by atoms with E-state index < -0.39 is 17.5 Å². The molecule has 10 heteroatoms. The number of allylic oxidation sites excluding steroid dienone is 6. The van der Waals surface area contributed by atoms with E-state index in [-0.39, 0.29) is 30.7 Å². The molecule has 1 saturated heterocycles. The number of carbonyl (C=O) groups is 3. The first-order valence-corrected chi connectivity index (χ1v) is 12.9. The number of hydrogen-bond donors (Lipinski definition) is 2. The number of furan rings is 1. The van der Waals surface area contributed by atoms with Gasteiger partial charge in [0.2, 0.25) is 0 Å². The van der Waals surface area contributed by atoms with Crippen LogP contribution in [0.3, 0.4) is 0 Å². The lowest BCUT2D eigenvalue weighted by atomic mass is 9.95. The minimum absolute atomic E-state index is 0.0832. The summed E-state index contributed by atoms with van der Waals surface area (Å²) in [7, 11) is 1.53. The van der Waals surface area contributed by atoms with Crippen molar-refractivity contribution in [3.05, 3.63) is 88.9 Å². The Labute approximate surface area is 229 Å². The molecule has 0 spiro atoms. The summed E-state index contributed by atoms with van der Waals surface area (Å²) in [5, 5.41) is 14.4. The molecular weight excluding hydrogens is 510 g/mol. The maximum atomic E-state index is 13.3. The van der Waals surface area contributed by atoms with Crippen LogP contribution in [0.15, 0.2) is 70.7 Å². The van der Waals surface area contributed by atoms with E-state index in [1.165, 1.54) is 12.0 Å². The number of carbonyl (C=O) groups excluding carboxylic acids is 3. The summed E-state index contributed by atoms with van der Waals surface area (Å²) < 4.78 is 11.3. The third-order valence-corrected chi connectivity index (χ3v) is 7.49. The molecule has 0 bridgehead atoms. The maximum Gasteiger partial charge on any atom is 0.322 e. The van der Waals surface area contributed by atoms with Crippen molar-refractivity contribution in [3.63, 3.8) is 0 Å². The van der Waals surface area contributed by atoms with Crippen molar-refractivity contribution in [3.8, 4) is 11.8 Å². The van der Waals surface area contributed by atoms with Gasteiger partial charge in [-0.3, -0.25) is 14.9 Å². The summed E-state index contributed by atoms with van der Waals surface area (Å²) in [6.07, 6.45) is 8.45. The highest BCUT2D eigenvalue weighted by molar-refractivity contribution is 6.08. The zero-order valence-corrected chi connectivity index (χ0v) is 21.9. The van der Waals surface area contributed by atoms with Crippen molar-refractivity contribution in [1.82, 2.24) is 20.5 Å². The molecule has 0 radical (unpaired) electrons. The summed E-state index contributed by atoms with van der Waals surface area (Å²) in [5.41, 5.74) is 2.68. The van der Waals surface area contributed by atoms with E-state index in [1.54, 1.807) is 30.3 Å². The van der Waals surface area contributed by atoms with Crippen molar-refractivity contribution < 1.29 is 23.5 Å². The number of fused-ring (bicyclic) bond motifs is 2. The van der Waals surface area contributed by atoms with Crippen molar-refractivity contribution in [2.24, 2.45) is 5.92 Å². The number of methoxy groups -OCH3 is 1. The third-order valence-electron chi connectivity index (χ3n) is 7.49. The summed E-state index contributed by atoms with van der Waals surface area (Å²) >= 11 is 0. The first-order valence-electron chi connectivity index (χ1n) is 12.9. The number of ether oxygens (including phenoxy) is 1. The van der Waals surface area contributed by atoms with E-state index in [9.17, 15) is 19.6 Å². The Kier molecular flexibility index (Phi) is 5.99. The average Bonchev–Trinajstić information content (AvgIpc) is 3.55. The highest BCUT2D eigenvalue weighted by Gasteiger charge is 2.53. The van der Waals surface area contributed by atoms with Crippen LogP contribution in [0.4, 0.5) is 4.79 Å². The fourth-order valence-electron chi connectivity index (χ4n) is 5.31. The minimum atomic E-state index is -1.64. The monoisotopic (exact) mass is 535 g/mol. The molecule has 1 aliphatic carbocycles. The van der Waals surface area contributed by atoms with Crippen molar-refractivity contribution in [1.29, 1.82) is 5.26 Å². The Hall–Kier alpha value is -5.17. The predicted octanol–water partition coefficient (Wildman–Crippen LogP) is 3.96. The van der Waals surface area contributed by atoms with Gasteiger partial charge in [0.15, 0.2) is 11.1 Å². The second-order valence-electron chi connectivity index (χ2n) is 9.95. The van der Waals surface area contributed by atoms with Gasteiger partial charge in [-0.15, -0.1) is 0 Å². The van der Waals surface area contributed by atoms with Gasteiger partial charge in [0.05, 0.1) is 25.4 Å². The summed E-state index contributed by atoms with van der Waals surface area (Å²) in [4.78, 5) is 45.2. The van der Waals surface area contributed by atoms with Crippen molar-refractivity contribution in [2.45, 2.75) is 25.4 Å². The minimum Gasteiger partial charge on any atom is -0.497 e. The smallest absolute Gasteiger partial charge is 0.322 e. The molecule has 40 heavy (non-hydrogen) atoms. The van der Waals surface area contributed by atoms with Crippen LogP contribution in [-0.2, 0) is 16.9 Å². The molecule has 4 heterocycles. The van der Waals surface area contributed by atoms with Crippen LogP contribution >= 0.6 is 0 Å². The molecule has 2 aromatic heterocycles. The summed E-state index contributed by atoms with van der Waals surface area (Å²) in [6, 6.07) is 12.0. The molecule has 200 valence electrons. The second kappa shape index (κ2) is 9.54. The number of rotatable bonds is 6. The van der Waals surface area contributed by atoms with Crippen LogP contribution in [0.1, 0.15) is 40.7 Å². The molecule has 1 fully saturated rings. The SMILES string of the molecule is CCC1C=C(C#N)C=CC(c2ccc3oc(C4(CN5Cc6ccc(OC)cc6C5=O)NC(=O)NC4=O)cc3n2)=C1. The van der Waals surface area contributed by atoms with Crippen LogP contribution in [0.25, 0.3) is 16.7 Å². The number of hydrogen-bond acceptors (Lipinski definition) is 7. The predicted molar refractivity (Wildman–Crippen MR) is 145 cm³/mol. The Morgan fingerprint density at radius 2 is 2.02 bits per heavy atom. The molecule has 2 atom stereocenters. The highest BCUT2D eigenvalue weighted by Crippen LogP contribution is 2.35. The van der Waals surface area contributed by atoms with Crippen LogP contribution in [0.2, 0.25) is 0 Å². The Balaban J connectivity index is 1.36. The number of nitriles is 1. The standard InChI is InChI=1S/C30H25N5O5/c1-3-17-10-18(14-31)4-5-19(11-17)23-8-9-25-24(32-23)13-26(40-25)30(28(37)33-29(38)34-30)16-35-15-20-6-7-21(39-2)12-22(20)27(35)36/h4-13,17H,3,15-16H2,1-2H3,(H2,33,34,37,38). The van der Waals surface area contributed by atoms with Gasteiger partial charge in [0.25, 0.3) is 11.8 Å². The van der Waals surface area contributed by atoms with Gasteiger partial charge in [-0.2, -0.15) is 5.26 Å². The van der Waals surface area contributed by atoms with Crippen LogP contribution in [0.5, 0.6) is 5.75 Å². The van der Waals surface area contributed by atoms with E-state index in [0.717, 1.165) is 17.6 Å². The Morgan fingerprint density at radius 1 is 1.18 bits per heavy atom. The van der Waals surface area contributed by atoms with Crippen molar-refractivity contribution >= 4 is 34.5 Å². The Bertz CT molecular complexity index is 1730. The quantitative estimate of drug-likeness (QED) is 0.456. The van der Waals surface area contributed by atoms with E-state index in [2.05, 4.69) is 29.7 Å². The van der Waals surface area contributed by atoms with E-state index >= 15 is 0 Å². The molecule has 3 aliphatic rings. The van der Waals surface area contributed by atoms with Crippen molar-refractivity contribution in [2.75, 3.05) is 13.7 Å². The van der Waals surface area contributed by atoms with Crippen LogP contribution < -0.4 is 15.4 Å². The summed E-state index contributed by atoms with van der Waals surface area (Å²) in [6.45, 7) is 2.18. The lowest BCUT2D eigenvalue weighted by molar-refractivity contribution is -0.125. The topological polar surface area (TPSA) is 138 Å². The fraction of sp³-hybridized carbons (Fsp3) is 0.233. The van der Waals surface area contributed by atoms with E-state index in [1.807, 2.05) is 24.3 Å². The molecule has 2 aliphatic heterocycles. The molecule has 6 rings (SSSR count). The number of imide groups is 1. The van der Waals surface area contributed by atoms with Gasteiger partial charge in [0.1, 0.15) is 17.0 Å². The van der Waals surface area contributed by atoms with E-state index in [0.29, 0.717) is 33.7 Å². The van der Waals surface area contributed by atoms with E-state index in [4.69, 9.17) is 14.1 Å². The molecule has 3 aromatic rings. The molecule has 2 unspecified atom stereocenters. The maximum absolute atomic E-state index is 13.3. The van der Waals surface area contributed by atoms with Gasteiger partial charge in [0, 0.05) is 23.7 Å². The molecule has 1 aromatic carbocycles. The Morgan fingerprint density at radius 3 is 2.75 bits per heavy atom. The van der Waals surface area contributed by atoms with Crippen LogP contribution in [-0.4, -0.2) is 41.4 Å². The third kappa shape index (κ3) is 4.12. The number of benzene rings is 1. The van der Waals surface area contributed by atoms with Gasteiger partial charge in [-0.25, -0.2) is 9.78 Å². The number of urea groups is 1. The number of nitrogens with zero attached hydrogens (tertiary/aromatic N) is 3.